The summed E-state index contributed by atoms with van der Waals surface area (Å²) < 4.78 is 31.4. The van der Waals surface area contributed by atoms with E-state index >= 15 is 0 Å². The number of esters is 1. The molecule has 116 valence electrons. The lowest BCUT2D eigenvalue weighted by Crippen LogP contribution is -2.30. The molecule has 0 saturated carbocycles. The molecule has 1 aliphatic rings. The quantitative estimate of drug-likeness (QED) is 0.762. The Kier molecular flexibility index (Phi) is 5.33. The highest BCUT2D eigenvalue weighted by atomic mass is 32.2. The molecule has 1 heterocycles. The van der Waals surface area contributed by atoms with Gasteiger partial charge in [0.1, 0.15) is 0 Å². The summed E-state index contributed by atoms with van der Waals surface area (Å²) in [6.45, 7) is 1.41. The van der Waals surface area contributed by atoms with E-state index in [1.54, 1.807) is 0 Å². The van der Waals surface area contributed by atoms with E-state index in [2.05, 4.69) is 14.8 Å². The average Bonchev–Trinajstić information content (AvgIpc) is 2.99. The van der Waals surface area contributed by atoms with E-state index in [1.807, 2.05) is 0 Å². The first-order valence-electron chi connectivity index (χ1n) is 6.94. The van der Waals surface area contributed by atoms with Gasteiger partial charge in [-0.1, -0.05) is 0 Å². The summed E-state index contributed by atoms with van der Waals surface area (Å²) in [4.78, 5) is 11.4. The zero-order chi connectivity index (χ0) is 15.3. The van der Waals surface area contributed by atoms with Crippen molar-refractivity contribution in [2.45, 2.75) is 30.2 Å². The van der Waals surface area contributed by atoms with Crippen LogP contribution < -0.4 is 10.0 Å². The maximum Gasteiger partial charge on any atom is 0.337 e. The topological polar surface area (TPSA) is 84.5 Å². The number of rotatable bonds is 6. The zero-order valence-corrected chi connectivity index (χ0v) is 12.8. The van der Waals surface area contributed by atoms with Gasteiger partial charge in [0.05, 0.1) is 17.6 Å². The Morgan fingerprint density at radius 2 is 2.10 bits per heavy atom. The van der Waals surface area contributed by atoms with E-state index in [0.29, 0.717) is 18.2 Å². The largest absolute Gasteiger partial charge is 0.465 e. The summed E-state index contributed by atoms with van der Waals surface area (Å²) in [6, 6.07) is 6.09. The summed E-state index contributed by atoms with van der Waals surface area (Å²) in [5.74, 6) is -0.487. The number of carbonyl (C=O) groups is 1. The highest BCUT2D eigenvalue weighted by molar-refractivity contribution is 7.89. The molecule has 1 atom stereocenters. The highest BCUT2D eigenvalue weighted by Crippen LogP contribution is 2.12. The molecule has 0 bridgehead atoms. The van der Waals surface area contributed by atoms with E-state index in [-0.39, 0.29) is 4.90 Å². The maximum absolute atomic E-state index is 12.1. The van der Waals surface area contributed by atoms with Gasteiger partial charge in [0, 0.05) is 12.6 Å². The van der Waals surface area contributed by atoms with Crippen molar-refractivity contribution in [2.24, 2.45) is 0 Å². The first-order valence-corrected chi connectivity index (χ1v) is 8.42. The Hall–Kier alpha value is -1.44. The highest BCUT2D eigenvalue weighted by Gasteiger charge is 2.17. The molecule has 7 heteroatoms. The minimum atomic E-state index is -3.53. The number of hydrogen-bond acceptors (Lipinski definition) is 5. The lowest BCUT2D eigenvalue weighted by Gasteiger charge is -2.11. The van der Waals surface area contributed by atoms with Crippen molar-refractivity contribution >= 4 is 16.0 Å². The fraction of sp³-hybridized carbons (Fsp3) is 0.500. The normalized spacial score (nSPS) is 18.6. The molecule has 2 N–H and O–H groups in total. The van der Waals surface area contributed by atoms with Crippen LogP contribution in [0.3, 0.4) is 0 Å². The summed E-state index contributed by atoms with van der Waals surface area (Å²) in [5.41, 5.74) is 0.326. The molecule has 1 unspecified atom stereocenters. The molecule has 1 aromatic rings. The Balaban J connectivity index is 1.93. The lowest BCUT2D eigenvalue weighted by molar-refractivity contribution is 0.0600. The van der Waals surface area contributed by atoms with Crippen LogP contribution in [0.15, 0.2) is 29.2 Å². The van der Waals surface area contributed by atoms with Crippen LogP contribution >= 0.6 is 0 Å². The van der Waals surface area contributed by atoms with Gasteiger partial charge in [-0.2, -0.15) is 0 Å². The summed E-state index contributed by atoms with van der Waals surface area (Å²) in [6.07, 6.45) is 3.02. The molecular weight excluding hydrogens is 292 g/mol. The van der Waals surface area contributed by atoms with Gasteiger partial charge < -0.3 is 10.1 Å². The van der Waals surface area contributed by atoms with Crippen LogP contribution in [0, 0.1) is 0 Å². The molecule has 1 aliphatic heterocycles. The molecule has 1 fully saturated rings. The fourth-order valence-electron chi connectivity index (χ4n) is 2.34. The van der Waals surface area contributed by atoms with Crippen molar-refractivity contribution in [3.8, 4) is 0 Å². The third-order valence-electron chi connectivity index (χ3n) is 3.53. The Morgan fingerprint density at radius 1 is 1.38 bits per heavy atom. The Morgan fingerprint density at radius 3 is 2.67 bits per heavy atom. The van der Waals surface area contributed by atoms with E-state index in [9.17, 15) is 13.2 Å². The minimum Gasteiger partial charge on any atom is -0.465 e. The molecule has 6 nitrogen and oxygen atoms in total. The Labute approximate surface area is 124 Å². The SMILES string of the molecule is COC(=O)c1ccc(S(=O)(=O)NCCC2CCCN2)cc1. The molecule has 21 heavy (non-hydrogen) atoms. The second kappa shape index (κ2) is 7.02. The van der Waals surface area contributed by atoms with Crippen LogP contribution in [0.25, 0.3) is 0 Å². The van der Waals surface area contributed by atoms with Crippen molar-refractivity contribution in [3.05, 3.63) is 29.8 Å². The monoisotopic (exact) mass is 312 g/mol. The maximum atomic E-state index is 12.1. The number of carbonyl (C=O) groups excluding carboxylic acids is 1. The number of sulfonamides is 1. The van der Waals surface area contributed by atoms with E-state index < -0.39 is 16.0 Å². The number of methoxy groups -OCH3 is 1. The molecule has 0 aliphatic carbocycles. The van der Waals surface area contributed by atoms with Crippen molar-refractivity contribution in [1.29, 1.82) is 0 Å². The molecule has 0 amide bonds. The van der Waals surface area contributed by atoms with Crippen LogP contribution in [-0.2, 0) is 14.8 Å². The second-order valence-corrected chi connectivity index (χ2v) is 6.76. The van der Waals surface area contributed by atoms with Gasteiger partial charge >= 0.3 is 5.97 Å². The van der Waals surface area contributed by atoms with Gasteiger partial charge in [-0.15, -0.1) is 0 Å². The zero-order valence-electron chi connectivity index (χ0n) is 12.0. The molecule has 2 rings (SSSR count). The van der Waals surface area contributed by atoms with Gasteiger partial charge in [0.15, 0.2) is 0 Å². The predicted octanol–water partition coefficient (Wildman–Crippen LogP) is 0.894. The van der Waals surface area contributed by atoms with Crippen LogP contribution in [0.5, 0.6) is 0 Å². The third kappa shape index (κ3) is 4.26. The van der Waals surface area contributed by atoms with Gasteiger partial charge in [0.25, 0.3) is 0 Å². The van der Waals surface area contributed by atoms with E-state index in [0.717, 1.165) is 25.8 Å². The van der Waals surface area contributed by atoms with Gasteiger partial charge in [-0.3, -0.25) is 0 Å². The summed E-state index contributed by atoms with van der Waals surface area (Å²) in [5, 5.41) is 3.32. The fourth-order valence-corrected chi connectivity index (χ4v) is 3.39. The number of nitrogens with one attached hydrogen (secondary N) is 2. The van der Waals surface area contributed by atoms with E-state index in [1.165, 1.54) is 31.4 Å². The molecule has 0 spiro atoms. The average molecular weight is 312 g/mol. The van der Waals surface area contributed by atoms with Crippen LogP contribution in [0.1, 0.15) is 29.6 Å². The minimum absolute atomic E-state index is 0.148. The first-order chi connectivity index (χ1) is 10.0. The van der Waals surface area contributed by atoms with Crippen molar-refractivity contribution in [3.63, 3.8) is 0 Å². The lowest BCUT2D eigenvalue weighted by atomic mass is 10.2. The van der Waals surface area contributed by atoms with Crippen LogP contribution in [0.2, 0.25) is 0 Å². The number of benzene rings is 1. The van der Waals surface area contributed by atoms with Crippen molar-refractivity contribution < 1.29 is 17.9 Å². The third-order valence-corrected chi connectivity index (χ3v) is 5.01. The molecule has 0 radical (unpaired) electrons. The van der Waals surface area contributed by atoms with Gasteiger partial charge in [-0.05, 0) is 50.1 Å². The first kappa shape index (κ1) is 15.9. The summed E-state index contributed by atoms with van der Waals surface area (Å²) in [7, 11) is -2.25. The Bertz CT molecular complexity index is 577. The van der Waals surface area contributed by atoms with Crippen LogP contribution in [-0.4, -0.2) is 40.6 Å². The van der Waals surface area contributed by atoms with Crippen molar-refractivity contribution in [1.82, 2.24) is 10.0 Å². The molecule has 1 aromatic carbocycles. The second-order valence-electron chi connectivity index (χ2n) is 5.00. The molecular formula is C14H20N2O4S. The van der Waals surface area contributed by atoms with Gasteiger partial charge in [-0.25, -0.2) is 17.9 Å². The predicted molar refractivity (Wildman–Crippen MR) is 78.6 cm³/mol. The summed E-state index contributed by atoms with van der Waals surface area (Å²) >= 11 is 0. The number of hydrogen-bond donors (Lipinski definition) is 2. The number of ether oxygens (including phenoxy) is 1. The van der Waals surface area contributed by atoms with Crippen LogP contribution in [0.4, 0.5) is 0 Å². The van der Waals surface area contributed by atoms with Gasteiger partial charge in [0.2, 0.25) is 10.0 Å². The van der Waals surface area contributed by atoms with Crippen molar-refractivity contribution in [2.75, 3.05) is 20.2 Å². The molecule has 0 aromatic heterocycles. The van der Waals surface area contributed by atoms with E-state index in [4.69, 9.17) is 0 Å². The molecule has 1 saturated heterocycles. The smallest absolute Gasteiger partial charge is 0.337 e. The standard InChI is InChI=1S/C14H20N2O4S/c1-20-14(17)11-4-6-13(7-5-11)21(18,19)16-10-8-12-3-2-9-15-12/h4-7,12,15-16H,2-3,8-10H2,1H3.